The minimum atomic E-state index is -0.471. The number of hydrogen-bond acceptors (Lipinski definition) is 5. The predicted octanol–water partition coefficient (Wildman–Crippen LogP) is 3.65. The van der Waals surface area contributed by atoms with Crippen LogP contribution in [0.25, 0.3) is 11.0 Å². The van der Waals surface area contributed by atoms with Crippen molar-refractivity contribution in [1.82, 2.24) is 10.1 Å². The van der Waals surface area contributed by atoms with Crippen LogP contribution in [-0.4, -0.2) is 47.9 Å². The Balaban J connectivity index is 1.70. The number of carbonyl (C=O) groups is 1. The van der Waals surface area contributed by atoms with Crippen LogP contribution in [-0.2, 0) is 4.74 Å². The first-order valence-corrected chi connectivity index (χ1v) is 8.41. The molecule has 2 aromatic rings. The number of rotatable bonds is 1. The number of fused-ring (bicyclic) bond motifs is 1. The number of anilines is 1. The van der Waals surface area contributed by atoms with E-state index in [1.807, 2.05) is 39.0 Å². The van der Waals surface area contributed by atoms with Gasteiger partial charge in [0.2, 0.25) is 0 Å². The molecule has 0 unspecified atom stereocenters. The molecule has 124 valence electrons. The van der Waals surface area contributed by atoms with Crippen molar-refractivity contribution in [2.24, 2.45) is 0 Å². The Bertz CT molecular complexity index is 715. The lowest BCUT2D eigenvalue weighted by molar-refractivity contribution is 0.0240. The van der Waals surface area contributed by atoms with Gasteiger partial charge in [-0.15, -0.1) is 0 Å². The molecule has 0 radical (unpaired) electrons. The zero-order valence-corrected chi connectivity index (χ0v) is 15.1. The fourth-order valence-corrected chi connectivity index (χ4v) is 3.10. The molecule has 3 rings (SSSR count). The summed E-state index contributed by atoms with van der Waals surface area (Å²) in [6.07, 6.45) is -0.261. The Kier molecular flexibility index (Phi) is 4.23. The molecule has 1 fully saturated rings. The van der Waals surface area contributed by atoms with E-state index >= 15 is 0 Å². The molecule has 1 saturated heterocycles. The number of halogens is 1. The van der Waals surface area contributed by atoms with Gasteiger partial charge in [-0.05, 0) is 48.8 Å². The average Bonchev–Trinajstić information content (AvgIpc) is 2.91. The second kappa shape index (κ2) is 6.03. The molecular formula is C16H20BrN3O3. The molecular weight excluding hydrogens is 362 g/mol. The van der Waals surface area contributed by atoms with Crippen LogP contribution in [0.15, 0.2) is 27.2 Å². The number of piperazine rings is 1. The van der Waals surface area contributed by atoms with Gasteiger partial charge in [-0.1, -0.05) is 11.2 Å². The molecule has 1 aliphatic heterocycles. The highest BCUT2D eigenvalue weighted by Crippen LogP contribution is 2.33. The summed E-state index contributed by atoms with van der Waals surface area (Å²) >= 11 is 3.55. The standard InChI is InChI=1S/C16H20BrN3O3/c1-16(2,3)22-15(21)20-9-7-19(8-10-20)14-13-11(17)5-4-6-12(13)23-18-14/h4-6H,7-10H2,1-3H3. The van der Waals surface area contributed by atoms with Gasteiger partial charge in [0.15, 0.2) is 11.4 Å². The third kappa shape index (κ3) is 3.44. The lowest BCUT2D eigenvalue weighted by Gasteiger charge is -2.35. The van der Waals surface area contributed by atoms with Gasteiger partial charge in [0, 0.05) is 30.7 Å². The molecule has 1 aromatic carbocycles. The molecule has 0 atom stereocenters. The Morgan fingerprint density at radius 3 is 2.61 bits per heavy atom. The molecule has 1 aromatic heterocycles. The van der Waals surface area contributed by atoms with E-state index in [2.05, 4.69) is 26.0 Å². The molecule has 0 aliphatic carbocycles. The van der Waals surface area contributed by atoms with Gasteiger partial charge in [0.1, 0.15) is 5.60 Å². The van der Waals surface area contributed by atoms with Crippen LogP contribution in [0.4, 0.5) is 10.6 Å². The first-order valence-electron chi connectivity index (χ1n) is 7.62. The monoisotopic (exact) mass is 381 g/mol. The number of nitrogens with zero attached hydrogens (tertiary/aromatic N) is 3. The fraction of sp³-hybridized carbons (Fsp3) is 0.500. The highest BCUT2D eigenvalue weighted by molar-refractivity contribution is 9.10. The fourth-order valence-electron chi connectivity index (χ4n) is 2.58. The molecule has 7 heteroatoms. The van der Waals surface area contributed by atoms with Gasteiger partial charge in [0.25, 0.3) is 0 Å². The van der Waals surface area contributed by atoms with E-state index in [1.165, 1.54) is 0 Å². The molecule has 6 nitrogen and oxygen atoms in total. The lowest BCUT2D eigenvalue weighted by Crippen LogP contribution is -2.50. The van der Waals surface area contributed by atoms with Crippen LogP contribution in [0, 0.1) is 0 Å². The van der Waals surface area contributed by atoms with Crippen molar-refractivity contribution in [1.29, 1.82) is 0 Å². The summed E-state index contributed by atoms with van der Waals surface area (Å²) in [4.78, 5) is 16.0. The van der Waals surface area contributed by atoms with Crippen LogP contribution in [0.1, 0.15) is 20.8 Å². The van der Waals surface area contributed by atoms with Gasteiger partial charge in [-0.3, -0.25) is 0 Å². The molecule has 23 heavy (non-hydrogen) atoms. The Labute approximate surface area is 143 Å². The third-order valence-electron chi connectivity index (χ3n) is 3.66. The zero-order chi connectivity index (χ0) is 16.6. The number of carbonyl (C=O) groups excluding carboxylic acids is 1. The van der Waals surface area contributed by atoms with Crippen molar-refractivity contribution in [2.45, 2.75) is 26.4 Å². The summed E-state index contributed by atoms with van der Waals surface area (Å²) in [6.45, 7) is 8.23. The molecule has 0 saturated carbocycles. The van der Waals surface area contributed by atoms with Crippen LogP contribution >= 0.6 is 15.9 Å². The maximum atomic E-state index is 12.1. The van der Waals surface area contributed by atoms with Gasteiger partial charge >= 0.3 is 6.09 Å². The maximum Gasteiger partial charge on any atom is 0.410 e. The molecule has 1 aliphatic rings. The molecule has 0 spiro atoms. The third-order valence-corrected chi connectivity index (χ3v) is 4.32. The zero-order valence-electron chi connectivity index (χ0n) is 13.5. The summed E-state index contributed by atoms with van der Waals surface area (Å²) < 4.78 is 11.8. The minimum Gasteiger partial charge on any atom is -0.444 e. The highest BCUT2D eigenvalue weighted by Gasteiger charge is 2.28. The number of hydrogen-bond donors (Lipinski definition) is 0. The molecule has 2 heterocycles. The summed E-state index contributed by atoms with van der Waals surface area (Å²) in [5.41, 5.74) is 0.283. The Hall–Kier alpha value is -1.76. The van der Waals surface area contributed by atoms with Crippen molar-refractivity contribution >= 4 is 38.8 Å². The summed E-state index contributed by atoms with van der Waals surface area (Å²) in [7, 11) is 0. The second-order valence-corrected chi connectivity index (χ2v) is 7.43. The van der Waals surface area contributed by atoms with E-state index in [9.17, 15) is 4.79 Å². The van der Waals surface area contributed by atoms with Gasteiger partial charge in [-0.2, -0.15) is 0 Å². The van der Waals surface area contributed by atoms with E-state index in [1.54, 1.807) is 4.90 Å². The molecule has 1 amide bonds. The second-order valence-electron chi connectivity index (χ2n) is 6.57. The number of aromatic nitrogens is 1. The summed E-state index contributed by atoms with van der Waals surface area (Å²) in [6, 6.07) is 5.79. The van der Waals surface area contributed by atoms with E-state index in [-0.39, 0.29) is 6.09 Å². The van der Waals surface area contributed by atoms with E-state index in [0.29, 0.717) is 26.2 Å². The minimum absolute atomic E-state index is 0.261. The molecule has 0 bridgehead atoms. The van der Waals surface area contributed by atoms with Crippen molar-refractivity contribution in [3.05, 3.63) is 22.7 Å². The van der Waals surface area contributed by atoms with Crippen molar-refractivity contribution in [3.63, 3.8) is 0 Å². The van der Waals surface area contributed by atoms with Crippen molar-refractivity contribution < 1.29 is 14.1 Å². The van der Waals surface area contributed by atoms with Gasteiger partial charge in [0.05, 0.1) is 5.39 Å². The van der Waals surface area contributed by atoms with E-state index in [4.69, 9.17) is 9.26 Å². The first-order chi connectivity index (χ1) is 10.8. The SMILES string of the molecule is CC(C)(C)OC(=O)N1CCN(c2noc3cccc(Br)c23)CC1. The number of ether oxygens (including phenoxy) is 1. The van der Waals surface area contributed by atoms with Crippen LogP contribution in [0.2, 0.25) is 0 Å². The van der Waals surface area contributed by atoms with Crippen molar-refractivity contribution in [2.75, 3.05) is 31.1 Å². The van der Waals surface area contributed by atoms with Crippen molar-refractivity contribution in [3.8, 4) is 0 Å². The van der Waals surface area contributed by atoms with Crippen LogP contribution < -0.4 is 4.90 Å². The lowest BCUT2D eigenvalue weighted by atomic mass is 10.2. The summed E-state index contributed by atoms with van der Waals surface area (Å²) in [5.74, 6) is 0.816. The summed E-state index contributed by atoms with van der Waals surface area (Å²) in [5, 5.41) is 5.17. The van der Waals surface area contributed by atoms with E-state index in [0.717, 1.165) is 21.3 Å². The quantitative estimate of drug-likeness (QED) is 0.754. The smallest absolute Gasteiger partial charge is 0.410 e. The predicted molar refractivity (Wildman–Crippen MR) is 91.7 cm³/mol. The topological polar surface area (TPSA) is 58.8 Å². The normalized spacial score (nSPS) is 16.0. The van der Waals surface area contributed by atoms with Crippen LogP contribution in [0.3, 0.4) is 0 Å². The highest BCUT2D eigenvalue weighted by atomic mass is 79.9. The van der Waals surface area contributed by atoms with Crippen LogP contribution in [0.5, 0.6) is 0 Å². The Morgan fingerprint density at radius 1 is 1.26 bits per heavy atom. The maximum absolute atomic E-state index is 12.1. The number of amides is 1. The van der Waals surface area contributed by atoms with E-state index < -0.39 is 5.60 Å². The average molecular weight is 382 g/mol. The molecule has 0 N–H and O–H groups in total. The largest absolute Gasteiger partial charge is 0.444 e. The van der Waals surface area contributed by atoms with Gasteiger partial charge < -0.3 is 19.1 Å². The first kappa shape index (κ1) is 16.1. The Morgan fingerprint density at radius 2 is 1.96 bits per heavy atom. The number of benzene rings is 1. The van der Waals surface area contributed by atoms with Gasteiger partial charge in [-0.25, -0.2) is 4.79 Å².